The van der Waals surface area contributed by atoms with Gasteiger partial charge in [0.05, 0.1) is 18.8 Å². The molecular formula is C51H95NO5. The van der Waals surface area contributed by atoms with Crippen molar-refractivity contribution < 1.29 is 25.2 Å². The number of unbranched alkanes of at least 4 members (excludes halogenated alkanes) is 27. The van der Waals surface area contributed by atoms with Gasteiger partial charge >= 0.3 is 0 Å². The minimum absolute atomic E-state index is 0.353. The number of carbonyl (C=O) groups is 1. The molecule has 0 aliphatic carbocycles. The molecule has 0 aliphatic heterocycles. The maximum Gasteiger partial charge on any atom is 0.249 e. The highest BCUT2D eigenvalue weighted by Crippen LogP contribution is 2.15. The number of hydrogen-bond donors (Lipinski definition) is 5. The van der Waals surface area contributed by atoms with Crippen LogP contribution in [-0.2, 0) is 4.79 Å². The van der Waals surface area contributed by atoms with E-state index in [1.807, 2.05) is 0 Å². The summed E-state index contributed by atoms with van der Waals surface area (Å²) in [7, 11) is 0. The van der Waals surface area contributed by atoms with Crippen molar-refractivity contribution in [2.24, 2.45) is 0 Å². The van der Waals surface area contributed by atoms with Gasteiger partial charge in [0.25, 0.3) is 0 Å². The van der Waals surface area contributed by atoms with Gasteiger partial charge in [-0.1, -0.05) is 197 Å². The summed E-state index contributed by atoms with van der Waals surface area (Å²) in [5.41, 5.74) is 0. The highest BCUT2D eigenvalue weighted by atomic mass is 16.3. The third-order valence-corrected chi connectivity index (χ3v) is 11.2. The zero-order valence-corrected chi connectivity index (χ0v) is 37.6. The van der Waals surface area contributed by atoms with Crippen molar-refractivity contribution in [2.45, 2.75) is 263 Å². The van der Waals surface area contributed by atoms with Gasteiger partial charge in [0.15, 0.2) is 0 Å². The summed E-state index contributed by atoms with van der Waals surface area (Å²) in [5, 5.41) is 43.8. The number of allylic oxidation sites excluding steroid dienone is 8. The van der Waals surface area contributed by atoms with E-state index in [4.69, 9.17) is 0 Å². The van der Waals surface area contributed by atoms with Crippen LogP contribution in [0.2, 0.25) is 0 Å². The molecule has 5 N–H and O–H groups in total. The van der Waals surface area contributed by atoms with Crippen molar-refractivity contribution in [3.8, 4) is 0 Å². The monoisotopic (exact) mass is 802 g/mol. The van der Waals surface area contributed by atoms with Gasteiger partial charge in [0.2, 0.25) is 5.91 Å². The third-order valence-electron chi connectivity index (χ3n) is 11.2. The van der Waals surface area contributed by atoms with E-state index >= 15 is 0 Å². The van der Waals surface area contributed by atoms with Crippen LogP contribution in [0.5, 0.6) is 0 Å². The van der Waals surface area contributed by atoms with E-state index in [1.54, 1.807) is 0 Å². The summed E-state index contributed by atoms with van der Waals surface area (Å²) in [5.74, 6) is -0.603. The molecule has 4 atom stereocenters. The predicted molar refractivity (Wildman–Crippen MR) is 247 cm³/mol. The first-order chi connectivity index (χ1) is 28.0. The van der Waals surface area contributed by atoms with Gasteiger partial charge in [-0.3, -0.25) is 4.79 Å². The number of nitrogens with one attached hydrogen (secondary N) is 1. The maximum atomic E-state index is 12.5. The molecule has 57 heavy (non-hydrogen) atoms. The van der Waals surface area contributed by atoms with Crippen molar-refractivity contribution in [2.75, 3.05) is 6.61 Å². The number of aliphatic hydroxyl groups is 4. The fraction of sp³-hybridized carbons (Fsp3) is 0.824. The number of hydrogen-bond acceptors (Lipinski definition) is 5. The van der Waals surface area contributed by atoms with Crippen LogP contribution in [0.25, 0.3) is 0 Å². The van der Waals surface area contributed by atoms with Gasteiger partial charge in [-0.2, -0.15) is 0 Å². The average Bonchev–Trinajstić information content (AvgIpc) is 3.22. The minimum Gasteiger partial charge on any atom is -0.394 e. The SMILES string of the molecule is CCCCCCC/C=C/CC/C=C/CC/C=C/CCCC(O)C(O)C(CO)NC(=O)C(O)CCCCCCCCC/C=C\CCCCCCCCCCCCCC. The zero-order chi connectivity index (χ0) is 41.7. The second kappa shape index (κ2) is 45.4. The molecule has 4 unspecified atom stereocenters. The molecular weight excluding hydrogens is 707 g/mol. The van der Waals surface area contributed by atoms with Crippen molar-refractivity contribution in [3.05, 3.63) is 48.6 Å². The highest BCUT2D eigenvalue weighted by molar-refractivity contribution is 5.80. The predicted octanol–water partition coefficient (Wildman–Crippen LogP) is 13.5. The lowest BCUT2D eigenvalue weighted by Crippen LogP contribution is -2.53. The fourth-order valence-corrected chi connectivity index (χ4v) is 7.31. The molecule has 0 spiro atoms. The smallest absolute Gasteiger partial charge is 0.249 e. The van der Waals surface area contributed by atoms with Gasteiger partial charge in [-0.05, 0) is 89.9 Å². The molecule has 0 heterocycles. The average molecular weight is 802 g/mol. The van der Waals surface area contributed by atoms with Gasteiger partial charge in [-0.25, -0.2) is 0 Å². The Labute approximate surface area is 353 Å². The first-order valence-corrected chi connectivity index (χ1v) is 24.5. The summed E-state index contributed by atoms with van der Waals surface area (Å²) < 4.78 is 0. The molecule has 0 aromatic rings. The first kappa shape index (κ1) is 55.3. The molecule has 0 radical (unpaired) electrons. The van der Waals surface area contributed by atoms with Gasteiger partial charge < -0.3 is 25.7 Å². The molecule has 0 saturated carbocycles. The van der Waals surface area contributed by atoms with E-state index in [9.17, 15) is 25.2 Å². The quantitative estimate of drug-likeness (QED) is 0.0311. The topological polar surface area (TPSA) is 110 Å². The summed E-state index contributed by atoms with van der Waals surface area (Å²) in [6.45, 7) is 4.03. The van der Waals surface area contributed by atoms with E-state index in [2.05, 4.69) is 67.8 Å². The minimum atomic E-state index is -1.30. The standard InChI is InChI=1S/C51H95NO5/c1-3-5-7-9-11-13-15-17-19-21-23-24-25-26-27-29-31-33-35-37-39-41-43-45-49(55)51(57)52-47(46-53)50(56)48(54)44-42-40-38-36-34-32-30-28-22-20-18-16-14-12-10-8-6-4-2/h16,18,26-28,30,36,38,47-50,53-56H,3-15,17,19-25,29,31-35,37,39-46H2,1-2H3,(H,52,57)/b18-16+,27-26-,30-28+,38-36+. The number of aliphatic hydroxyl groups excluding tert-OH is 4. The summed E-state index contributed by atoms with van der Waals surface area (Å²) >= 11 is 0. The maximum absolute atomic E-state index is 12.5. The van der Waals surface area contributed by atoms with Crippen LogP contribution in [0.3, 0.4) is 0 Å². The van der Waals surface area contributed by atoms with E-state index in [-0.39, 0.29) is 0 Å². The molecule has 0 bridgehead atoms. The molecule has 0 rings (SSSR count). The second-order valence-corrected chi connectivity index (χ2v) is 16.8. The summed E-state index contributed by atoms with van der Waals surface area (Å²) in [6.07, 6.45) is 55.8. The Balaban J connectivity index is 3.77. The van der Waals surface area contributed by atoms with Gasteiger partial charge in [0.1, 0.15) is 12.2 Å². The lowest BCUT2D eigenvalue weighted by molar-refractivity contribution is -0.132. The van der Waals surface area contributed by atoms with Crippen LogP contribution >= 0.6 is 0 Å². The number of carbonyl (C=O) groups excluding carboxylic acids is 1. The Morgan fingerprint density at radius 3 is 1.11 bits per heavy atom. The Morgan fingerprint density at radius 1 is 0.421 bits per heavy atom. The Bertz CT molecular complexity index is 946. The van der Waals surface area contributed by atoms with E-state index in [0.717, 1.165) is 51.4 Å². The third kappa shape index (κ3) is 39.5. The molecule has 334 valence electrons. The number of amides is 1. The molecule has 1 amide bonds. The van der Waals surface area contributed by atoms with E-state index in [1.165, 1.54) is 154 Å². The lowest BCUT2D eigenvalue weighted by atomic mass is 10.00. The van der Waals surface area contributed by atoms with E-state index < -0.39 is 36.9 Å². The van der Waals surface area contributed by atoms with Crippen molar-refractivity contribution in [1.29, 1.82) is 0 Å². The van der Waals surface area contributed by atoms with Crippen LogP contribution in [0.1, 0.15) is 239 Å². The molecule has 6 heteroatoms. The Hall–Kier alpha value is -1.73. The molecule has 0 aromatic carbocycles. The lowest BCUT2D eigenvalue weighted by Gasteiger charge is -2.27. The summed E-state index contributed by atoms with van der Waals surface area (Å²) in [6, 6.07) is -1.01. The van der Waals surface area contributed by atoms with Crippen LogP contribution < -0.4 is 5.32 Å². The van der Waals surface area contributed by atoms with Crippen molar-refractivity contribution in [1.82, 2.24) is 5.32 Å². The first-order valence-electron chi connectivity index (χ1n) is 24.5. The Kier molecular flexibility index (Phi) is 44.0. The second-order valence-electron chi connectivity index (χ2n) is 16.8. The largest absolute Gasteiger partial charge is 0.394 e. The molecule has 0 saturated heterocycles. The normalized spacial score (nSPS) is 14.4. The zero-order valence-electron chi connectivity index (χ0n) is 37.6. The molecule has 0 fully saturated rings. The van der Waals surface area contributed by atoms with Crippen LogP contribution in [0.15, 0.2) is 48.6 Å². The Morgan fingerprint density at radius 2 is 0.737 bits per heavy atom. The number of rotatable bonds is 44. The van der Waals surface area contributed by atoms with Gasteiger partial charge in [-0.15, -0.1) is 0 Å². The van der Waals surface area contributed by atoms with Crippen LogP contribution in [-0.4, -0.2) is 57.3 Å². The summed E-state index contributed by atoms with van der Waals surface area (Å²) in [4.78, 5) is 12.5. The van der Waals surface area contributed by atoms with Crippen molar-refractivity contribution >= 4 is 5.91 Å². The molecule has 0 aliphatic rings. The van der Waals surface area contributed by atoms with Crippen LogP contribution in [0.4, 0.5) is 0 Å². The van der Waals surface area contributed by atoms with Crippen LogP contribution in [0, 0.1) is 0 Å². The fourth-order valence-electron chi connectivity index (χ4n) is 7.31. The van der Waals surface area contributed by atoms with Gasteiger partial charge in [0, 0.05) is 0 Å². The highest BCUT2D eigenvalue weighted by Gasteiger charge is 2.28. The van der Waals surface area contributed by atoms with E-state index in [0.29, 0.717) is 19.3 Å². The molecule has 0 aromatic heterocycles. The van der Waals surface area contributed by atoms with Crippen molar-refractivity contribution in [3.63, 3.8) is 0 Å². The molecule has 6 nitrogen and oxygen atoms in total.